The van der Waals surface area contributed by atoms with Crippen LogP contribution in [-0.4, -0.2) is 15.9 Å². The van der Waals surface area contributed by atoms with Crippen molar-refractivity contribution in [2.45, 2.75) is 19.3 Å². The Bertz CT molecular complexity index is 830. The highest BCUT2D eigenvalue weighted by Gasteiger charge is 2.33. The Balaban J connectivity index is 1.79. The molecular formula is C14H11F3N4O2. The number of carbonyl (C=O) groups is 1. The van der Waals surface area contributed by atoms with Crippen molar-refractivity contribution < 1.29 is 18.0 Å². The van der Waals surface area contributed by atoms with E-state index in [9.17, 15) is 22.8 Å². The predicted molar refractivity (Wildman–Crippen MR) is 74.8 cm³/mol. The molecule has 1 aliphatic rings. The average Bonchev–Trinajstić information content (AvgIpc) is 2.85. The zero-order valence-electron chi connectivity index (χ0n) is 11.6. The molecule has 3 rings (SSSR count). The lowest BCUT2D eigenvalue weighted by atomic mass is 10.1. The van der Waals surface area contributed by atoms with Crippen LogP contribution in [0.3, 0.4) is 0 Å². The van der Waals surface area contributed by atoms with Gasteiger partial charge in [-0.25, -0.2) is 4.98 Å². The summed E-state index contributed by atoms with van der Waals surface area (Å²) in [5.74, 6) is -0.343. The summed E-state index contributed by atoms with van der Waals surface area (Å²) < 4.78 is 37.9. The lowest BCUT2D eigenvalue weighted by molar-refractivity contribution is -0.141. The van der Waals surface area contributed by atoms with Gasteiger partial charge in [-0.3, -0.25) is 9.59 Å². The van der Waals surface area contributed by atoms with Gasteiger partial charge in [0, 0.05) is 23.9 Å². The summed E-state index contributed by atoms with van der Waals surface area (Å²) in [6.45, 7) is 0.344. The maximum atomic E-state index is 12.6. The highest BCUT2D eigenvalue weighted by Crippen LogP contribution is 2.26. The third-order valence-electron chi connectivity index (χ3n) is 3.33. The maximum Gasteiger partial charge on any atom is 0.433 e. The molecule has 0 saturated carbocycles. The number of hydrogen-bond acceptors (Lipinski definition) is 4. The molecule has 0 spiro atoms. The van der Waals surface area contributed by atoms with Crippen LogP contribution in [0.5, 0.6) is 0 Å². The molecule has 0 aliphatic carbocycles. The fraction of sp³-hybridized carbons (Fsp3) is 0.214. The number of benzene rings is 1. The van der Waals surface area contributed by atoms with E-state index in [0.717, 1.165) is 5.56 Å². The number of halogens is 3. The van der Waals surface area contributed by atoms with E-state index < -0.39 is 17.4 Å². The van der Waals surface area contributed by atoms with Crippen molar-refractivity contribution in [3.8, 4) is 0 Å². The van der Waals surface area contributed by atoms with E-state index >= 15 is 0 Å². The molecule has 0 bridgehead atoms. The molecule has 23 heavy (non-hydrogen) atoms. The Kier molecular flexibility index (Phi) is 3.55. The fourth-order valence-electron chi connectivity index (χ4n) is 2.25. The van der Waals surface area contributed by atoms with Crippen LogP contribution in [0.25, 0.3) is 0 Å². The zero-order chi connectivity index (χ0) is 16.6. The minimum absolute atomic E-state index is 0.112. The molecule has 1 aromatic carbocycles. The molecule has 6 nitrogen and oxygen atoms in total. The lowest BCUT2D eigenvalue weighted by Crippen LogP contribution is -2.20. The largest absolute Gasteiger partial charge is 0.433 e. The summed E-state index contributed by atoms with van der Waals surface area (Å²) in [7, 11) is 0. The summed E-state index contributed by atoms with van der Waals surface area (Å²) in [6, 6.07) is 5.45. The smallest absolute Gasteiger partial charge is 0.378 e. The number of aromatic amines is 1. The first-order chi connectivity index (χ1) is 10.8. The van der Waals surface area contributed by atoms with Gasteiger partial charge in [0.2, 0.25) is 0 Å². The second kappa shape index (κ2) is 5.41. The van der Waals surface area contributed by atoms with Gasteiger partial charge in [0.25, 0.3) is 11.5 Å². The SMILES string of the molecule is O=C1NCc2ccc(NCc3nc(C(F)(F)F)cc(=O)[nH]3)cc21. The van der Waals surface area contributed by atoms with E-state index in [-0.39, 0.29) is 18.3 Å². The van der Waals surface area contributed by atoms with Gasteiger partial charge in [0.15, 0.2) is 5.69 Å². The molecule has 9 heteroatoms. The van der Waals surface area contributed by atoms with Crippen LogP contribution in [0, 0.1) is 0 Å². The van der Waals surface area contributed by atoms with E-state index in [2.05, 4.69) is 20.6 Å². The molecule has 1 aliphatic heterocycles. The van der Waals surface area contributed by atoms with E-state index in [1.165, 1.54) is 0 Å². The van der Waals surface area contributed by atoms with Gasteiger partial charge in [0.05, 0.1) is 6.54 Å². The second-order valence-corrected chi connectivity index (χ2v) is 4.98. The van der Waals surface area contributed by atoms with Crippen molar-refractivity contribution in [3.63, 3.8) is 0 Å². The number of nitrogens with zero attached hydrogens (tertiary/aromatic N) is 1. The highest BCUT2D eigenvalue weighted by atomic mass is 19.4. The Labute approximate surface area is 127 Å². The first kappa shape index (κ1) is 15.1. The lowest BCUT2D eigenvalue weighted by Gasteiger charge is -2.09. The molecule has 0 atom stereocenters. The zero-order valence-corrected chi connectivity index (χ0v) is 11.6. The van der Waals surface area contributed by atoms with Gasteiger partial charge in [-0.05, 0) is 17.7 Å². The summed E-state index contributed by atoms with van der Waals surface area (Å²) in [5, 5.41) is 5.50. The molecule has 0 unspecified atom stereocenters. The van der Waals surface area contributed by atoms with Crippen LogP contribution in [0.15, 0.2) is 29.1 Å². The van der Waals surface area contributed by atoms with Crippen molar-refractivity contribution in [2.24, 2.45) is 0 Å². The van der Waals surface area contributed by atoms with Gasteiger partial charge in [-0.1, -0.05) is 6.07 Å². The van der Waals surface area contributed by atoms with Crippen molar-refractivity contribution in [1.29, 1.82) is 0 Å². The van der Waals surface area contributed by atoms with Crippen LogP contribution >= 0.6 is 0 Å². The molecule has 1 amide bonds. The van der Waals surface area contributed by atoms with Crippen LogP contribution in [0.4, 0.5) is 18.9 Å². The Morgan fingerprint density at radius 3 is 2.74 bits per heavy atom. The minimum atomic E-state index is -4.69. The number of aromatic nitrogens is 2. The molecule has 1 aromatic heterocycles. The number of fused-ring (bicyclic) bond motifs is 1. The van der Waals surface area contributed by atoms with Gasteiger partial charge in [-0.2, -0.15) is 13.2 Å². The van der Waals surface area contributed by atoms with Crippen molar-refractivity contribution in [2.75, 3.05) is 5.32 Å². The normalized spacial score (nSPS) is 13.6. The maximum absolute atomic E-state index is 12.6. The average molecular weight is 324 g/mol. The number of amides is 1. The summed E-state index contributed by atoms with van der Waals surface area (Å²) in [6.07, 6.45) is -4.69. The molecule has 0 radical (unpaired) electrons. The van der Waals surface area contributed by atoms with Crippen LogP contribution in [0.1, 0.15) is 27.4 Å². The van der Waals surface area contributed by atoms with E-state index in [4.69, 9.17) is 0 Å². The molecule has 2 heterocycles. The standard InChI is InChI=1S/C14H11F3N4O2/c15-14(16,17)10-4-12(22)21-11(20-10)6-18-8-2-1-7-5-19-13(23)9(7)3-8/h1-4,18H,5-6H2,(H,19,23)(H,20,21,22). The van der Waals surface area contributed by atoms with E-state index in [0.29, 0.717) is 23.9 Å². The minimum Gasteiger partial charge on any atom is -0.378 e. The molecular weight excluding hydrogens is 313 g/mol. The van der Waals surface area contributed by atoms with Crippen molar-refractivity contribution >= 4 is 11.6 Å². The third kappa shape index (κ3) is 3.17. The Morgan fingerprint density at radius 1 is 1.22 bits per heavy atom. The number of alkyl halides is 3. The molecule has 120 valence electrons. The number of anilines is 1. The first-order valence-corrected chi connectivity index (χ1v) is 6.65. The number of H-pyrrole nitrogens is 1. The second-order valence-electron chi connectivity index (χ2n) is 4.98. The van der Waals surface area contributed by atoms with Gasteiger partial charge >= 0.3 is 6.18 Å². The topological polar surface area (TPSA) is 86.9 Å². The number of hydrogen-bond donors (Lipinski definition) is 3. The number of carbonyl (C=O) groups excluding carboxylic acids is 1. The van der Waals surface area contributed by atoms with Crippen molar-refractivity contribution in [3.05, 3.63) is 57.3 Å². The van der Waals surface area contributed by atoms with Gasteiger partial charge in [0.1, 0.15) is 5.82 Å². The van der Waals surface area contributed by atoms with Gasteiger partial charge < -0.3 is 15.6 Å². The third-order valence-corrected chi connectivity index (χ3v) is 3.33. The molecule has 0 fully saturated rings. The van der Waals surface area contributed by atoms with Crippen LogP contribution in [-0.2, 0) is 19.3 Å². The Morgan fingerprint density at radius 2 is 2.00 bits per heavy atom. The van der Waals surface area contributed by atoms with Crippen molar-refractivity contribution in [1.82, 2.24) is 15.3 Å². The predicted octanol–water partition coefficient (Wildman–Crippen LogP) is 1.64. The summed E-state index contributed by atoms with van der Waals surface area (Å²) in [4.78, 5) is 28.5. The molecule has 2 aromatic rings. The highest BCUT2D eigenvalue weighted by molar-refractivity contribution is 5.99. The van der Waals surface area contributed by atoms with Crippen LogP contribution < -0.4 is 16.2 Å². The Hall–Kier alpha value is -2.84. The molecule has 0 saturated heterocycles. The number of nitrogens with one attached hydrogen (secondary N) is 3. The monoisotopic (exact) mass is 324 g/mol. The van der Waals surface area contributed by atoms with Gasteiger partial charge in [-0.15, -0.1) is 0 Å². The molecule has 3 N–H and O–H groups in total. The van der Waals surface area contributed by atoms with E-state index in [1.54, 1.807) is 18.2 Å². The van der Waals surface area contributed by atoms with E-state index in [1.807, 2.05) is 0 Å². The summed E-state index contributed by atoms with van der Waals surface area (Å²) >= 11 is 0. The quantitative estimate of drug-likeness (QED) is 0.801. The summed E-state index contributed by atoms with van der Waals surface area (Å²) in [5.41, 5.74) is -0.212. The first-order valence-electron chi connectivity index (χ1n) is 6.65. The van der Waals surface area contributed by atoms with Crippen LogP contribution in [0.2, 0.25) is 0 Å². The number of rotatable bonds is 3. The fourth-order valence-corrected chi connectivity index (χ4v) is 2.25.